The van der Waals surface area contributed by atoms with E-state index in [0.717, 1.165) is 38.3 Å². The van der Waals surface area contributed by atoms with Crippen LogP contribution in [-0.4, -0.2) is 36.7 Å². The Hall–Kier alpha value is -1.52. The quantitative estimate of drug-likeness (QED) is 0.403. The standard InChI is InChI=1S/C10H15NO4/c1-2-14-9(12)5-8-15-10(13)11-6-3-4-7-11/h5,8H,2-4,6-7H2,1H3/b8-5+. The number of nitrogens with zero attached hydrogens (tertiary/aromatic N) is 1. The Labute approximate surface area is 88.6 Å². The number of likely N-dealkylation sites (tertiary alicyclic amines) is 1. The summed E-state index contributed by atoms with van der Waals surface area (Å²) in [5.74, 6) is -0.508. The number of amides is 1. The van der Waals surface area contributed by atoms with Gasteiger partial charge in [0.15, 0.2) is 0 Å². The maximum Gasteiger partial charge on any atom is 0.414 e. The molecule has 1 fully saturated rings. The molecule has 0 unspecified atom stereocenters. The Balaban J connectivity index is 2.23. The zero-order valence-electron chi connectivity index (χ0n) is 8.77. The van der Waals surface area contributed by atoms with Crippen LogP contribution in [0.3, 0.4) is 0 Å². The van der Waals surface area contributed by atoms with E-state index in [1.807, 2.05) is 0 Å². The number of ether oxygens (including phenoxy) is 2. The maximum atomic E-state index is 11.3. The average molecular weight is 213 g/mol. The normalized spacial score (nSPS) is 15.7. The van der Waals surface area contributed by atoms with E-state index in [-0.39, 0.29) is 0 Å². The van der Waals surface area contributed by atoms with Crippen LogP contribution in [0.15, 0.2) is 12.3 Å². The van der Waals surface area contributed by atoms with E-state index in [9.17, 15) is 9.59 Å². The molecule has 0 spiro atoms. The van der Waals surface area contributed by atoms with E-state index in [1.54, 1.807) is 11.8 Å². The van der Waals surface area contributed by atoms with Crippen LogP contribution >= 0.6 is 0 Å². The minimum Gasteiger partial charge on any atom is -0.463 e. The third-order valence-electron chi connectivity index (χ3n) is 2.02. The minimum absolute atomic E-state index is 0.309. The summed E-state index contributed by atoms with van der Waals surface area (Å²) in [6.45, 7) is 3.48. The first-order valence-corrected chi connectivity index (χ1v) is 5.03. The SMILES string of the molecule is CCOC(=O)/C=C/OC(=O)N1CCCC1. The van der Waals surface area contributed by atoms with Crippen LogP contribution in [0.1, 0.15) is 19.8 Å². The first-order valence-electron chi connectivity index (χ1n) is 5.03. The van der Waals surface area contributed by atoms with Gasteiger partial charge in [0.25, 0.3) is 0 Å². The van der Waals surface area contributed by atoms with E-state index in [1.165, 1.54) is 0 Å². The summed E-state index contributed by atoms with van der Waals surface area (Å²) >= 11 is 0. The lowest BCUT2D eigenvalue weighted by Gasteiger charge is -2.12. The summed E-state index contributed by atoms with van der Waals surface area (Å²) in [6, 6.07) is 0. The zero-order chi connectivity index (χ0) is 11.1. The molecule has 1 aliphatic rings. The molecule has 1 amide bonds. The van der Waals surface area contributed by atoms with Crippen LogP contribution in [0, 0.1) is 0 Å². The molecule has 0 aromatic heterocycles. The molecular weight excluding hydrogens is 198 g/mol. The van der Waals surface area contributed by atoms with E-state index in [2.05, 4.69) is 4.74 Å². The third-order valence-corrected chi connectivity index (χ3v) is 2.02. The van der Waals surface area contributed by atoms with Gasteiger partial charge in [0.2, 0.25) is 0 Å². The molecule has 15 heavy (non-hydrogen) atoms. The Morgan fingerprint density at radius 1 is 1.33 bits per heavy atom. The first-order chi connectivity index (χ1) is 7.24. The van der Waals surface area contributed by atoms with Gasteiger partial charge in [-0.25, -0.2) is 9.59 Å². The van der Waals surface area contributed by atoms with Gasteiger partial charge in [-0.2, -0.15) is 0 Å². The maximum absolute atomic E-state index is 11.3. The molecule has 84 valence electrons. The Bertz CT molecular complexity index is 256. The number of esters is 1. The van der Waals surface area contributed by atoms with Crippen molar-refractivity contribution in [1.82, 2.24) is 4.90 Å². The van der Waals surface area contributed by atoms with Crippen molar-refractivity contribution in [2.24, 2.45) is 0 Å². The summed E-state index contributed by atoms with van der Waals surface area (Å²) in [5.41, 5.74) is 0. The van der Waals surface area contributed by atoms with E-state index in [0.29, 0.717) is 6.61 Å². The van der Waals surface area contributed by atoms with Gasteiger partial charge >= 0.3 is 12.1 Å². The van der Waals surface area contributed by atoms with Gasteiger partial charge in [-0.05, 0) is 19.8 Å². The second-order valence-electron chi connectivity index (χ2n) is 3.13. The fourth-order valence-corrected chi connectivity index (χ4v) is 1.31. The molecule has 0 radical (unpaired) electrons. The topological polar surface area (TPSA) is 55.8 Å². The van der Waals surface area contributed by atoms with Crippen molar-refractivity contribution in [2.45, 2.75) is 19.8 Å². The highest BCUT2D eigenvalue weighted by atomic mass is 16.6. The highest BCUT2D eigenvalue weighted by Crippen LogP contribution is 2.08. The molecule has 0 aromatic carbocycles. The van der Waals surface area contributed by atoms with Gasteiger partial charge in [-0.1, -0.05) is 0 Å². The van der Waals surface area contributed by atoms with E-state index in [4.69, 9.17) is 4.74 Å². The summed E-state index contributed by atoms with van der Waals surface area (Å²) in [4.78, 5) is 23.7. The summed E-state index contributed by atoms with van der Waals surface area (Å²) < 4.78 is 9.37. The summed E-state index contributed by atoms with van der Waals surface area (Å²) in [6.07, 6.45) is 3.77. The highest BCUT2D eigenvalue weighted by Gasteiger charge is 2.18. The molecule has 0 aliphatic carbocycles. The lowest BCUT2D eigenvalue weighted by molar-refractivity contribution is -0.137. The van der Waals surface area contributed by atoms with E-state index >= 15 is 0 Å². The van der Waals surface area contributed by atoms with Crippen molar-refractivity contribution in [3.8, 4) is 0 Å². The van der Waals surface area contributed by atoms with Crippen LogP contribution in [0.2, 0.25) is 0 Å². The Kier molecular flexibility index (Phi) is 4.66. The first kappa shape index (κ1) is 11.6. The molecule has 1 rings (SSSR count). The van der Waals surface area contributed by atoms with E-state index < -0.39 is 12.1 Å². The molecule has 0 atom stereocenters. The molecule has 1 aliphatic heterocycles. The predicted octanol–water partition coefficient (Wildman–Crippen LogP) is 1.30. The molecular formula is C10H15NO4. The van der Waals surface area contributed by atoms with Crippen molar-refractivity contribution in [1.29, 1.82) is 0 Å². The van der Waals surface area contributed by atoms with Crippen molar-refractivity contribution < 1.29 is 19.1 Å². The van der Waals surface area contributed by atoms with Crippen LogP contribution in [0.4, 0.5) is 4.79 Å². The number of rotatable bonds is 3. The van der Waals surface area contributed by atoms with Crippen LogP contribution < -0.4 is 0 Å². The van der Waals surface area contributed by atoms with Crippen molar-refractivity contribution in [3.63, 3.8) is 0 Å². The molecule has 0 aromatic rings. The van der Waals surface area contributed by atoms with Gasteiger partial charge < -0.3 is 14.4 Å². The Morgan fingerprint density at radius 3 is 2.60 bits per heavy atom. The fourth-order valence-electron chi connectivity index (χ4n) is 1.31. The van der Waals surface area contributed by atoms with Crippen molar-refractivity contribution >= 4 is 12.1 Å². The number of hydrogen-bond donors (Lipinski definition) is 0. The smallest absolute Gasteiger partial charge is 0.414 e. The molecule has 1 heterocycles. The van der Waals surface area contributed by atoms with Gasteiger partial charge in [-0.3, -0.25) is 0 Å². The molecule has 5 heteroatoms. The van der Waals surface area contributed by atoms with Crippen LogP contribution in [0.25, 0.3) is 0 Å². The largest absolute Gasteiger partial charge is 0.463 e. The highest BCUT2D eigenvalue weighted by molar-refractivity contribution is 5.82. The third kappa shape index (κ3) is 4.01. The number of hydrogen-bond acceptors (Lipinski definition) is 4. The Morgan fingerprint density at radius 2 is 2.00 bits per heavy atom. The molecule has 5 nitrogen and oxygen atoms in total. The molecule has 1 saturated heterocycles. The molecule has 0 saturated carbocycles. The number of carbonyl (C=O) groups is 2. The molecule has 0 N–H and O–H groups in total. The summed E-state index contributed by atoms with van der Waals surface area (Å²) in [5, 5.41) is 0. The monoisotopic (exact) mass is 213 g/mol. The van der Waals surface area contributed by atoms with Crippen LogP contribution in [-0.2, 0) is 14.3 Å². The van der Waals surface area contributed by atoms with Gasteiger partial charge in [0, 0.05) is 13.1 Å². The second kappa shape index (κ2) is 6.06. The minimum atomic E-state index is -0.508. The molecule has 0 bridgehead atoms. The zero-order valence-corrected chi connectivity index (χ0v) is 8.77. The second-order valence-corrected chi connectivity index (χ2v) is 3.13. The van der Waals surface area contributed by atoms with Crippen LogP contribution in [0.5, 0.6) is 0 Å². The average Bonchev–Trinajstić information content (AvgIpc) is 2.70. The van der Waals surface area contributed by atoms with Crippen molar-refractivity contribution in [2.75, 3.05) is 19.7 Å². The lowest BCUT2D eigenvalue weighted by atomic mass is 10.4. The number of carbonyl (C=O) groups excluding carboxylic acids is 2. The van der Waals surface area contributed by atoms with Crippen molar-refractivity contribution in [3.05, 3.63) is 12.3 Å². The fraction of sp³-hybridized carbons (Fsp3) is 0.600. The lowest BCUT2D eigenvalue weighted by Crippen LogP contribution is -2.26. The predicted molar refractivity (Wildman–Crippen MR) is 53.1 cm³/mol. The summed E-state index contributed by atoms with van der Waals surface area (Å²) in [7, 11) is 0. The van der Waals surface area contributed by atoms with Gasteiger partial charge in [0.05, 0.1) is 12.7 Å². The van der Waals surface area contributed by atoms with Gasteiger partial charge in [0.1, 0.15) is 6.26 Å². The van der Waals surface area contributed by atoms with Gasteiger partial charge in [-0.15, -0.1) is 0 Å².